The number of rotatable bonds is 5. The number of urea groups is 1. The summed E-state index contributed by atoms with van der Waals surface area (Å²) in [5, 5.41) is 9.87. The molecule has 0 saturated carbocycles. The van der Waals surface area contributed by atoms with Crippen LogP contribution in [0.2, 0.25) is 0 Å². The van der Waals surface area contributed by atoms with Gasteiger partial charge in [-0.1, -0.05) is 0 Å². The van der Waals surface area contributed by atoms with E-state index in [1.54, 1.807) is 35.2 Å². The van der Waals surface area contributed by atoms with E-state index in [1.807, 2.05) is 13.8 Å². The lowest BCUT2D eigenvalue weighted by Gasteiger charge is -2.23. The van der Waals surface area contributed by atoms with Crippen molar-refractivity contribution in [2.75, 3.05) is 13.6 Å². The third-order valence-corrected chi connectivity index (χ3v) is 4.71. The van der Waals surface area contributed by atoms with Gasteiger partial charge in [0, 0.05) is 37.2 Å². The Bertz CT molecular complexity index is 818. The topological polar surface area (TPSA) is 81.3 Å². The minimum absolute atomic E-state index is 0.0615. The summed E-state index contributed by atoms with van der Waals surface area (Å²) in [5.41, 5.74) is 2.37. The molecule has 3 amide bonds. The summed E-state index contributed by atoms with van der Waals surface area (Å²) in [7, 11) is 1.69. The van der Waals surface area contributed by atoms with Gasteiger partial charge in [0.15, 0.2) is 0 Å². The smallest absolute Gasteiger partial charge is 0.317 e. The highest BCUT2D eigenvalue weighted by Crippen LogP contribution is 2.22. The second-order valence-corrected chi connectivity index (χ2v) is 7.12. The Morgan fingerprint density at radius 3 is 2.74 bits per heavy atom. The van der Waals surface area contributed by atoms with Gasteiger partial charge in [-0.25, -0.2) is 9.18 Å². The summed E-state index contributed by atoms with van der Waals surface area (Å²) in [6.45, 7) is 4.79. The standard InChI is InChI=1S/C19H24FN5O2/c1-12(2)25-11-16(8-17(25)26)22-19(27)24(3)10-14-9-21-23-18(14)13-4-6-15(20)7-5-13/h4-7,9,12,16H,8,10-11H2,1-3H3,(H,21,23)(H,22,27)/t16-/m0/s1. The Kier molecular flexibility index (Phi) is 5.43. The average Bonchev–Trinajstić information content (AvgIpc) is 3.22. The lowest BCUT2D eigenvalue weighted by molar-refractivity contribution is -0.129. The zero-order valence-corrected chi connectivity index (χ0v) is 15.7. The van der Waals surface area contributed by atoms with Gasteiger partial charge in [0.2, 0.25) is 5.91 Å². The number of nitrogens with zero attached hydrogens (tertiary/aromatic N) is 3. The van der Waals surface area contributed by atoms with E-state index in [4.69, 9.17) is 0 Å². The first-order valence-corrected chi connectivity index (χ1v) is 8.94. The van der Waals surface area contributed by atoms with Crippen LogP contribution in [0.3, 0.4) is 0 Å². The molecule has 3 rings (SSSR count). The molecule has 0 aliphatic carbocycles. The normalized spacial score (nSPS) is 16.9. The van der Waals surface area contributed by atoms with Crippen molar-refractivity contribution in [3.8, 4) is 11.3 Å². The molecule has 0 unspecified atom stereocenters. The van der Waals surface area contributed by atoms with Crippen molar-refractivity contribution in [3.63, 3.8) is 0 Å². The molecule has 2 heterocycles. The number of amides is 3. The Balaban J connectivity index is 1.62. The SMILES string of the molecule is CC(C)N1C[C@@H](NC(=O)N(C)Cc2cn[nH]c2-c2ccc(F)cc2)CC1=O. The zero-order valence-electron chi connectivity index (χ0n) is 15.7. The number of nitrogens with one attached hydrogen (secondary N) is 2. The number of H-pyrrole nitrogens is 1. The molecule has 0 bridgehead atoms. The van der Waals surface area contributed by atoms with Gasteiger partial charge in [-0.2, -0.15) is 5.10 Å². The van der Waals surface area contributed by atoms with Crippen LogP contribution in [-0.2, 0) is 11.3 Å². The van der Waals surface area contributed by atoms with E-state index in [9.17, 15) is 14.0 Å². The molecule has 1 atom stereocenters. The van der Waals surface area contributed by atoms with Gasteiger partial charge in [0.25, 0.3) is 0 Å². The van der Waals surface area contributed by atoms with Crippen molar-refractivity contribution >= 4 is 11.9 Å². The Morgan fingerprint density at radius 1 is 1.41 bits per heavy atom. The number of likely N-dealkylation sites (tertiary alicyclic amines) is 1. The zero-order chi connectivity index (χ0) is 19.6. The fraction of sp³-hybridized carbons (Fsp3) is 0.421. The number of hydrogen-bond acceptors (Lipinski definition) is 3. The molecule has 27 heavy (non-hydrogen) atoms. The minimum Gasteiger partial charge on any atom is -0.338 e. The van der Waals surface area contributed by atoms with E-state index < -0.39 is 0 Å². The highest BCUT2D eigenvalue weighted by atomic mass is 19.1. The molecule has 2 aromatic rings. The fourth-order valence-corrected chi connectivity index (χ4v) is 3.24. The van der Waals surface area contributed by atoms with Crippen LogP contribution in [0.4, 0.5) is 9.18 Å². The number of halogens is 1. The highest BCUT2D eigenvalue weighted by molar-refractivity contribution is 5.82. The second kappa shape index (κ2) is 7.77. The average molecular weight is 373 g/mol. The largest absolute Gasteiger partial charge is 0.338 e. The number of aromatic amines is 1. The van der Waals surface area contributed by atoms with Crippen LogP contribution in [0.25, 0.3) is 11.3 Å². The maximum Gasteiger partial charge on any atom is 0.317 e. The molecule has 0 radical (unpaired) electrons. The number of carbonyl (C=O) groups excluding carboxylic acids is 2. The Hall–Kier alpha value is -2.90. The first-order chi connectivity index (χ1) is 12.8. The van der Waals surface area contributed by atoms with Gasteiger partial charge in [0.05, 0.1) is 24.5 Å². The van der Waals surface area contributed by atoms with Gasteiger partial charge < -0.3 is 15.1 Å². The van der Waals surface area contributed by atoms with E-state index in [0.29, 0.717) is 19.5 Å². The van der Waals surface area contributed by atoms with Crippen LogP contribution in [0, 0.1) is 5.82 Å². The van der Waals surface area contributed by atoms with Crippen molar-refractivity contribution < 1.29 is 14.0 Å². The van der Waals surface area contributed by atoms with Crippen molar-refractivity contribution in [3.05, 3.63) is 41.8 Å². The Morgan fingerprint density at radius 2 is 2.11 bits per heavy atom. The van der Waals surface area contributed by atoms with E-state index in [0.717, 1.165) is 16.8 Å². The molecule has 1 aromatic heterocycles. The maximum absolute atomic E-state index is 13.1. The summed E-state index contributed by atoms with van der Waals surface area (Å²) in [6, 6.07) is 5.79. The van der Waals surface area contributed by atoms with E-state index in [1.165, 1.54) is 12.1 Å². The summed E-state index contributed by atoms with van der Waals surface area (Å²) >= 11 is 0. The summed E-state index contributed by atoms with van der Waals surface area (Å²) in [5.74, 6) is -0.246. The van der Waals surface area contributed by atoms with Crippen molar-refractivity contribution in [2.24, 2.45) is 0 Å². The minimum atomic E-state index is -0.308. The van der Waals surface area contributed by atoms with Crippen molar-refractivity contribution in [1.82, 2.24) is 25.3 Å². The van der Waals surface area contributed by atoms with E-state index in [-0.39, 0.29) is 29.8 Å². The first-order valence-electron chi connectivity index (χ1n) is 8.94. The van der Waals surface area contributed by atoms with E-state index in [2.05, 4.69) is 15.5 Å². The molecule has 0 spiro atoms. The van der Waals surface area contributed by atoms with Gasteiger partial charge in [-0.3, -0.25) is 9.89 Å². The molecule has 1 fully saturated rings. The fourth-order valence-electron chi connectivity index (χ4n) is 3.24. The van der Waals surface area contributed by atoms with E-state index >= 15 is 0 Å². The van der Waals surface area contributed by atoms with Gasteiger partial charge >= 0.3 is 6.03 Å². The molecule has 1 saturated heterocycles. The molecule has 1 aliphatic rings. The second-order valence-electron chi connectivity index (χ2n) is 7.12. The van der Waals surface area contributed by atoms with Crippen LogP contribution in [-0.4, -0.2) is 57.6 Å². The number of carbonyl (C=O) groups is 2. The predicted molar refractivity (Wildman–Crippen MR) is 99.2 cm³/mol. The first kappa shape index (κ1) is 18.9. The number of aromatic nitrogens is 2. The lowest BCUT2D eigenvalue weighted by atomic mass is 10.1. The molecule has 1 aromatic carbocycles. The quantitative estimate of drug-likeness (QED) is 0.844. The molecule has 7 nitrogen and oxygen atoms in total. The van der Waals surface area contributed by atoms with Crippen molar-refractivity contribution in [2.45, 2.75) is 38.9 Å². The Labute approximate surface area is 157 Å². The van der Waals surface area contributed by atoms with Crippen LogP contribution >= 0.6 is 0 Å². The predicted octanol–water partition coefficient (Wildman–Crippen LogP) is 2.37. The maximum atomic E-state index is 13.1. The number of benzene rings is 1. The van der Waals surface area contributed by atoms with Crippen LogP contribution in [0.1, 0.15) is 25.8 Å². The van der Waals surface area contributed by atoms with Crippen molar-refractivity contribution in [1.29, 1.82) is 0 Å². The molecule has 8 heteroatoms. The van der Waals surface area contributed by atoms with Crippen LogP contribution in [0.5, 0.6) is 0 Å². The molecule has 144 valence electrons. The molecular formula is C19H24FN5O2. The third-order valence-electron chi connectivity index (χ3n) is 4.71. The lowest BCUT2D eigenvalue weighted by Crippen LogP contribution is -2.44. The monoisotopic (exact) mass is 373 g/mol. The van der Waals surface area contributed by atoms with Gasteiger partial charge in [0.1, 0.15) is 5.82 Å². The van der Waals surface area contributed by atoms with Crippen LogP contribution < -0.4 is 5.32 Å². The molecule has 2 N–H and O–H groups in total. The molecular weight excluding hydrogens is 349 g/mol. The summed E-state index contributed by atoms with van der Waals surface area (Å²) in [6.07, 6.45) is 1.98. The van der Waals surface area contributed by atoms with Gasteiger partial charge in [-0.05, 0) is 38.1 Å². The van der Waals surface area contributed by atoms with Crippen LogP contribution in [0.15, 0.2) is 30.5 Å². The number of hydrogen-bond donors (Lipinski definition) is 2. The molecule has 1 aliphatic heterocycles. The van der Waals surface area contributed by atoms with Gasteiger partial charge in [-0.15, -0.1) is 0 Å². The third kappa shape index (κ3) is 4.27. The summed E-state index contributed by atoms with van der Waals surface area (Å²) < 4.78 is 13.1. The summed E-state index contributed by atoms with van der Waals surface area (Å²) in [4.78, 5) is 27.8. The highest BCUT2D eigenvalue weighted by Gasteiger charge is 2.32.